The van der Waals surface area contributed by atoms with Crippen LogP contribution >= 0.6 is 0 Å². The maximum absolute atomic E-state index is 5.98. The number of rotatable bonds is 9. The minimum Gasteiger partial charge on any atom is -0.380 e. The zero-order valence-electron chi connectivity index (χ0n) is 10.4. The van der Waals surface area contributed by atoms with Crippen LogP contribution in [-0.2, 0) is 4.74 Å². The molecule has 90 valence electrons. The number of hydrogen-bond acceptors (Lipinski definition) is 2. The predicted molar refractivity (Wildman–Crippen MR) is 64.8 cm³/mol. The van der Waals surface area contributed by atoms with Crippen LogP contribution in [0, 0.1) is 11.8 Å². The normalized spacial score (nSPS) is 20.2. The van der Waals surface area contributed by atoms with Crippen LogP contribution in [0.5, 0.6) is 0 Å². The summed E-state index contributed by atoms with van der Waals surface area (Å²) in [6, 6.07) is 0.300. The molecule has 2 heteroatoms. The largest absolute Gasteiger partial charge is 0.380 e. The molecule has 15 heavy (non-hydrogen) atoms. The second-order valence-corrected chi connectivity index (χ2v) is 4.96. The summed E-state index contributed by atoms with van der Waals surface area (Å²) < 4.78 is 5.72. The Morgan fingerprint density at radius 3 is 2.53 bits per heavy atom. The standard InChI is InChI=1S/C13H27NO/c1-3-5-6-11(4-2)9-15-10-13(14)12-7-8-12/h11-13H,3-10,14H2,1-2H3. The van der Waals surface area contributed by atoms with Crippen molar-refractivity contribution in [1.82, 2.24) is 0 Å². The van der Waals surface area contributed by atoms with Crippen LogP contribution in [0.1, 0.15) is 52.4 Å². The van der Waals surface area contributed by atoms with Crippen LogP contribution in [0.25, 0.3) is 0 Å². The molecule has 1 aliphatic carbocycles. The third-order valence-corrected chi connectivity index (χ3v) is 3.43. The fourth-order valence-corrected chi connectivity index (χ4v) is 1.93. The van der Waals surface area contributed by atoms with Gasteiger partial charge < -0.3 is 10.5 Å². The Hall–Kier alpha value is -0.0800. The molecule has 2 nitrogen and oxygen atoms in total. The van der Waals surface area contributed by atoms with Crippen molar-refractivity contribution >= 4 is 0 Å². The Morgan fingerprint density at radius 2 is 2.00 bits per heavy atom. The van der Waals surface area contributed by atoms with Crippen LogP contribution < -0.4 is 5.73 Å². The summed E-state index contributed by atoms with van der Waals surface area (Å²) in [4.78, 5) is 0. The van der Waals surface area contributed by atoms with E-state index in [-0.39, 0.29) is 0 Å². The molecule has 0 heterocycles. The molecule has 0 radical (unpaired) electrons. The van der Waals surface area contributed by atoms with E-state index < -0.39 is 0 Å². The van der Waals surface area contributed by atoms with Crippen molar-refractivity contribution < 1.29 is 4.74 Å². The molecule has 0 aliphatic heterocycles. The average Bonchev–Trinajstić information content (AvgIpc) is 3.06. The Kier molecular flexibility index (Phi) is 6.26. The van der Waals surface area contributed by atoms with Crippen molar-refractivity contribution in [1.29, 1.82) is 0 Å². The summed E-state index contributed by atoms with van der Waals surface area (Å²) in [5, 5.41) is 0. The third kappa shape index (κ3) is 5.53. The summed E-state index contributed by atoms with van der Waals surface area (Å²) in [7, 11) is 0. The van der Waals surface area contributed by atoms with Crippen molar-refractivity contribution in [2.75, 3.05) is 13.2 Å². The van der Waals surface area contributed by atoms with E-state index >= 15 is 0 Å². The van der Waals surface area contributed by atoms with Gasteiger partial charge >= 0.3 is 0 Å². The molecule has 0 aromatic heterocycles. The first-order valence-electron chi connectivity index (χ1n) is 6.61. The molecule has 0 aromatic carbocycles. The summed E-state index contributed by atoms with van der Waals surface area (Å²) in [5.41, 5.74) is 5.98. The van der Waals surface area contributed by atoms with Crippen molar-refractivity contribution in [3.63, 3.8) is 0 Å². The zero-order chi connectivity index (χ0) is 11.1. The lowest BCUT2D eigenvalue weighted by Gasteiger charge is -2.17. The Morgan fingerprint density at radius 1 is 1.27 bits per heavy atom. The maximum atomic E-state index is 5.98. The highest BCUT2D eigenvalue weighted by molar-refractivity contribution is 4.83. The third-order valence-electron chi connectivity index (χ3n) is 3.43. The van der Waals surface area contributed by atoms with Gasteiger partial charge in [-0.3, -0.25) is 0 Å². The lowest BCUT2D eigenvalue weighted by Crippen LogP contribution is -2.29. The highest BCUT2D eigenvalue weighted by Gasteiger charge is 2.28. The van der Waals surface area contributed by atoms with Crippen molar-refractivity contribution in [2.24, 2.45) is 17.6 Å². The molecule has 1 fully saturated rings. The van der Waals surface area contributed by atoms with Gasteiger partial charge in [0.15, 0.2) is 0 Å². The van der Waals surface area contributed by atoms with Crippen LogP contribution in [-0.4, -0.2) is 19.3 Å². The molecule has 0 saturated heterocycles. The zero-order valence-corrected chi connectivity index (χ0v) is 10.4. The molecule has 2 N–H and O–H groups in total. The fraction of sp³-hybridized carbons (Fsp3) is 1.00. The van der Waals surface area contributed by atoms with Gasteiger partial charge in [0.2, 0.25) is 0 Å². The van der Waals surface area contributed by atoms with Gasteiger partial charge in [-0.05, 0) is 31.1 Å². The van der Waals surface area contributed by atoms with Gasteiger partial charge in [-0.2, -0.15) is 0 Å². The molecule has 1 aliphatic rings. The van der Waals surface area contributed by atoms with Crippen molar-refractivity contribution in [2.45, 2.75) is 58.4 Å². The number of unbranched alkanes of at least 4 members (excludes halogenated alkanes) is 1. The SMILES string of the molecule is CCCCC(CC)COCC(N)C1CC1. The van der Waals surface area contributed by atoms with Crippen molar-refractivity contribution in [3.8, 4) is 0 Å². The Balaban J connectivity index is 1.99. The predicted octanol–water partition coefficient (Wildman–Crippen LogP) is 2.96. The molecule has 0 amide bonds. The van der Waals surface area contributed by atoms with E-state index in [1.54, 1.807) is 0 Å². The van der Waals surface area contributed by atoms with Gasteiger partial charge in [-0.15, -0.1) is 0 Å². The summed E-state index contributed by atoms with van der Waals surface area (Å²) >= 11 is 0. The topological polar surface area (TPSA) is 35.2 Å². The fourth-order valence-electron chi connectivity index (χ4n) is 1.93. The number of nitrogens with two attached hydrogens (primary N) is 1. The first kappa shape index (κ1) is 13.0. The summed E-state index contributed by atoms with van der Waals surface area (Å²) in [6.45, 7) is 6.19. The van der Waals surface area contributed by atoms with E-state index in [2.05, 4.69) is 13.8 Å². The first-order valence-corrected chi connectivity index (χ1v) is 6.61. The molecular formula is C13H27NO. The highest BCUT2D eigenvalue weighted by atomic mass is 16.5. The van der Waals surface area contributed by atoms with Gasteiger partial charge in [0.05, 0.1) is 6.61 Å². The lowest BCUT2D eigenvalue weighted by molar-refractivity contribution is 0.0801. The van der Waals surface area contributed by atoms with Crippen LogP contribution in [0.15, 0.2) is 0 Å². The summed E-state index contributed by atoms with van der Waals surface area (Å²) in [5.74, 6) is 1.51. The summed E-state index contributed by atoms with van der Waals surface area (Å²) in [6.07, 6.45) is 7.80. The monoisotopic (exact) mass is 213 g/mol. The van der Waals surface area contributed by atoms with E-state index in [0.717, 1.165) is 25.0 Å². The van der Waals surface area contributed by atoms with E-state index in [4.69, 9.17) is 10.5 Å². The molecule has 2 atom stereocenters. The second-order valence-electron chi connectivity index (χ2n) is 4.96. The highest BCUT2D eigenvalue weighted by Crippen LogP contribution is 2.31. The first-order chi connectivity index (χ1) is 7.27. The van der Waals surface area contributed by atoms with Crippen LogP contribution in [0.3, 0.4) is 0 Å². The molecule has 1 saturated carbocycles. The lowest BCUT2D eigenvalue weighted by atomic mass is 10.0. The van der Waals surface area contributed by atoms with Crippen molar-refractivity contribution in [3.05, 3.63) is 0 Å². The molecule has 1 rings (SSSR count). The average molecular weight is 213 g/mol. The minimum absolute atomic E-state index is 0.300. The van der Waals surface area contributed by atoms with E-state index in [0.29, 0.717) is 6.04 Å². The molecule has 2 unspecified atom stereocenters. The Labute approximate surface area is 94.6 Å². The van der Waals surface area contributed by atoms with Gasteiger partial charge in [-0.1, -0.05) is 33.1 Å². The maximum Gasteiger partial charge on any atom is 0.0620 e. The quantitative estimate of drug-likeness (QED) is 0.639. The minimum atomic E-state index is 0.300. The van der Waals surface area contributed by atoms with Gasteiger partial charge in [0.1, 0.15) is 0 Å². The van der Waals surface area contributed by atoms with E-state index in [1.807, 2.05) is 0 Å². The van der Waals surface area contributed by atoms with Gasteiger partial charge in [-0.25, -0.2) is 0 Å². The van der Waals surface area contributed by atoms with Crippen LogP contribution in [0.4, 0.5) is 0 Å². The molecule has 0 spiro atoms. The van der Waals surface area contributed by atoms with Crippen LogP contribution in [0.2, 0.25) is 0 Å². The second kappa shape index (κ2) is 7.24. The smallest absolute Gasteiger partial charge is 0.0620 e. The number of hydrogen-bond donors (Lipinski definition) is 1. The van der Waals surface area contributed by atoms with E-state index in [1.165, 1.54) is 38.5 Å². The van der Waals surface area contributed by atoms with Gasteiger partial charge in [0, 0.05) is 12.6 Å². The Bertz CT molecular complexity index is 157. The van der Waals surface area contributed by atoms with Gasteiger partial charge in [0.25, 0.3) is 0 Å². The molecule has 0 bridgehead atoms. The molecular weight excluding hydrogens is 186 g/mol. The molecule has 0 aromatic rings. The number of ether oxygens (including phenoxy) is 1. The van der Waals surface area contributed by atoms with E-state index in [9.17, 15) is 0 Å².